The first-order chi connectivity index (χ1) is 10.5. The van der Waals surface area contributed by atoms with Gasteiger partial charge in [0.15, 0.2) is 0 Å². The van der Waals surface area contributed by atoms with Crippen molar-refractivity contribution in [2.45, 2.75) is 19.9 Å². The van der Waals surface area contributed by atoms with E-state index in [-0.39, 0.29) is 17.9 Å². The second-order valence-electron chi connectivity index (χ2n) is 5.26. The number of hydrogen-bond donors (Lipinski definition) is 1. The van der Waals surface area contributed by atoms with Gasteiger partial charge >= 0.3 is 0 Å². The lowest BCUT2D eigenvalue weighted by molar-refractivity contribution is -0.114. The number of amides is 2. The Kier molecular flexibility index (Phi) is 4.94. The fraction of sp³-hybridized carbons (Fsp3) is 0.222. The van der Waals surface area contributed by atoms with E-state index < -0.39 is 0 Å². The highest BCUT2D eigenvalue weighted by Gasteiger charge is 2.19. The van der Waals surface area contributed by atoms with E-state index in [1.54, 1.807) is 36.2 Å². The van der Waals surface area contributed by atoms with Crippen molar-refractivity contribution >= 4 is 17.5 Å². The number of hydrogen-bond acceptors (Lipinski definition) is 2. The van der Waals surface area contributed by atoms with Gasteiger partial charge < -0.3 is 10.2 Å². The summed E-state index contributed by atoms with van der Waals surface area (Å²) in [4.78, 5) is 25.4. The van der Waals surface area contributed by atoms with Crippen molar-refractivity contribution < 1.29 is 9.59 Å². The summed E-state index contributed by atoms with van der Waals surface area (Å²) in [6, 6.07) is 16.8. The summed E-state index contributed by atoms with van der Waals surface area (Å²) in [5.41, 5.74) is 2.26. The van der Waals surface area contributed by atoms with Crippen LogP contribution in [-0.4, -0.2) is 23.8 Å². The number of carbonyl (C=O) groups excluding carboxylic acids is 2. The van der Waals surface area contributed by atoms with Crippen LogP contribution >= 0.6 is 0 Å². The second kappa shape index (κ2) is 6.89. The molecule has 0 aliphatic rings. The summed E-state index contributed by atoms with van der Waals surface area (Å²) in [7, 11) is 1.78. The van der Waals surface area contributed by atoms with E-state index in [1.165, 1.54) is 6.92 Å². The van der Waals surface area contributed by atoms with Gasteiger partial charge in [-0.25, -0.2) is 0 Å². The molecule has 1 atom stereocenters. The van der Waals surface area contributed by atoms with Crippen molar-refractivity contribution in [2.75, 3.05) is 12.4 Å². The maximum atomic E-state index is 12.6. The van der Waals surface area contributed by atoms with Crippen LogP contribution in [0.5, 0.6) is 0 Å². The molecule has 0 aliphatic heterocycles. The summed E-state index contributed by atoms with van der Waals surface area (Å²) in [5.74, 6) is -0.237. The Balaban J connectivity index is 2.18. The van der Waals surface area contributed by atoms with Crippen LogP contribution in [0.1, 0.15) is 35.8 Å². The number of anilines is 1. The predicted molar refractivity (Wildman–Crippen MR) is 87.7 cm³/mol. The van der Waals surface area contributed by atoms with E-state index in [0.717, 1.165) is 5.56 Å². The van der Waals surface area contributed by atoms with Crippen LogP contribution in [0.15, 0.2) is 54.6 Å². The summed E-state index contributed by atoms with van der Waals surface area (Å²) >= 11 is 0. The van der Waals surface area contributed by atoms with Gasteiger partial charge in [-0.1, -0.05) is 36.4 Å². The molecule has 0 saturated carbocycles. The van der Waals surface area contributed by atoms with Crippen molar-refractivity contribution in [1.82, 2.24) is 4.90 Å². The molecule has 0 heterocycles. The molecular weight excluding hydrogens is 276 g/mol. The van der Waals surface area contributed by atoms with Gasteiger partial charge in [-0.2, -0.15) is 0 Å². The van der Waals surface area contributed by atoms with Crippen LogP contribution in [0.4, 0.5) is 5.69 Å². The summed E-state index contributed by atoms with van der Waals surface area (Å²) in [6.45, 7) is 3.43. The molecule has 0 aromatic heterocycles. The molecule has 0 saturated heterocycles. The minimum absolute atomic E-state index is 0.0295. The van der Waals surface area contributed by atoms with Crippen LogP contribution in [0.2, 0.25) is 0 Å². The average molecular weight is 296 g/mol. The molecule has 0 unspecified atom stereocenters. The normalized spacial score (nSPS) is 11.6. The Bertz CT molecular complexity index is 668. The largest absolute Gasteiger partial charge is 0.335 e. The minimum Gasteiger partial charge on any atom is -0.335 e. The molecule has 4 nitrogen and oxygen atoms in total. The fourth-order valence-corrected chi connectivity index (χ4v) is 2.27. The minimum atomic E-state index is -0.157. The fourth-order valence-electron chi connectivity index (χ4n) is 2.27. The molecule has 4 heteroatoms. The average Bonchev–Trinajstić information content (AvgIpc) is 2.53. The Morgan fingerprint density at radius 1 is 1.05 bits per heavy atom. The van der Waals surface area contributed by atoms with Crippen molar-refractivity contribution in [1.29, 1.82) is 0 Å². The summed E-state index contributed by atoms with van der Waals surface area (Å²) in [5, 5.41) is 2.69. The zero-order valence-corrected chi connectivity index (χ0v) is 13.0. The molecule has 114 valence electrons. The number of rotatable bonds is 4. The monoisotopic (exact) mass is 296 g/mol. The zero-order valence-electron chi connectivity index (χ0n) is 13.0. The third kappa shape index (κ3) is 3.73. The molecule has 0 spiro atoms. The molecule has 2 amide bonds. The van der Waals surface area contributed by atoms with Crippen molar-refractivity contribution in [3.05, 3.63) is 65.7 Å². The lowest BCUT2D eigenvalue weighted by Crippen LogP contribution is -2.29. The van der Waals surface area contributed by atoms with Gasteiger partial charge in [-0.15, -0.1) is 0 Å². The molecule has 0 bridgehead atoms. The van der Waals surface area contributed by atoms with Gasteiger partial charge in [0.25, 0.3) is 5.91 Å². The molecule has 2 rings (SSSR count). The van der Waals surface area contributed by atoms with Gasteiger partial charge in [0.05, 0.1) is 6.04 Å². The van der Waals surface area contributed by atoms with Gasteiger partial charge in [-0.05, 0) is 30.7 Å². The molecule has 1 N–H and O–H groups in total. The summed E-state index contributed by atoms with van der Waals surface area (Å²) < 4.78 is 0. The van der Waals surface area contributed by atoms with E-state index in [0.29, 0.717) is 11.3 Å². The van der Waals surface area contributed by atoms with Gasteiger partial charge in [0, 0.05) is 25.2 Å². The van der Waals surface area contributed by atoms with Crippen molar-refractivity contribution in [2.24, 2.45) is 0 Å². The Hall–Kier alpha value is -2.62. The summed E-state index contributed by atoms with van der Waals surface area (Å²) in [6.07, 6.45) is 0. The molecule has 22 heavy (non-hydrogen) atoms. The molecule has 0 radical (unpaired) electrons. The van der Waals surface area contributed by atoms with Gasteiger partial charge in [-0.3, -0.25) is 9.59 Å². The highest BCUT2D eigenvalue weighted by Crippen LogP contribution is 2.21. The first-order valence-corrected chi connectivity index (χ1v) is 7.19. The Morgan fingerprint density at radius 3 is 2.36 bits per heavy atom. The molecule has 0 fully saturated rings. The van der Waals surface area contributed by atoms with Crippen LogP contribution in [0.25, 0.3) is 0 Å². The first-order valence-electron chi connectivity index (χ1n) is 7.19. The number of carbonyl (C=O) groups is 2. The maximum absolute atomic E-state index is 12.6. The van der Waals surface area contributed by atoms with E-state index >= 15 is 0 Å². The lowest BCUT2D eigenvalue weighted by Gasteiger charge is -2.25. The quantitative estimate of drug-likeness (QED) is 0.939. The second-order valence-corrected chi connectivity index (χ2v) is 5.26. The van der Waals surface area contributed by atoms with Gasteiger partial charge in [0.1, 0.15) is 0 Å². The van der Waals surface area contributed by atoms with E-state index in [2.05, 4.69) is 5.32 Å². The zero-order chi connectivity index (χ0) is 16.1. The third-order valence-corrected chi connectivity index (χ3v) is 3.61. The van der Waals surface area contributed by atoms with E-state index in [9.17, 15) is 9.59 Å². The topological polar surface area (TPSA) is 49.4 Å². The van der Waals surface area contributed by atoms with E-state index in [4.69, 9.17) is 0 Å². The number of nitrogens with one attached hydrogen (secondary N) is 1. The van der Waals surface area contributed by atoms with Crippen molar-refractivity contribution in [3.8, 4) is 0 Å². The highest BCUT2D eigenvalue weighted by atomic mass is 16.2. The predicted octanol–water partition coefficient (Wildman–Crippen LogP) is 3.48. The Labute approximate surface area is 130 Å². The lowest BCUT2D eigenvalue weighted by atomic mass is 10.1. The molecular formula is C18H20N2O2. The van der Waals surface area contributed by atoms with Crippen LogP contribution < -0.4 is 5.32 Å². The molecule has 2 aromatic rings. The number of nitrogens with zero attached hydrogens (tertiary/aromatic N) is 1. The standard InChI is InChI=1S/C18H20N2O2/c1-13(15-8-5-4-6-9-15)20(3)18(22)16-10-7-11-17(12-16)19-14(2)21/h4-13H,1-3H3,(H,19,21)/t13-/m0/s1. The van der Waals surface area contributed by atoms with Crippen LogP contribution in [-0.2, 0) is 4.79 Å². The van der Waals surface area contributed by atoms with Crippen LogP contribution in [0.3, 0.4) is 0 Å². The smallest absolute Gasteiger partial charge is 0.254 e. The molecule has 2 aromatic carbocycles. The van der Waals surface area contributed by atoms with Gasteiger partial charge in [0.2, 0.25) is 5.91 Å². The highest BCUT2D eigenvalue weighted by molar-refractivity contribution is 5.96. The van der Waals surface area contributed by atoms with Crippen LogP contribution in [0, 0.1) is 0 Å². The SMILES string of the molecule is CC(=O)Nc1cccc(C(=O)N(C)[C@@H](C)c2ccccc2)c1. The first kappa shape index (κ1) is 15.8. The maximum Gasteiger partial charge on any atom is 0.254 e. The Morgan fingerprint density at radius 2 is 1.73 bits per heavy atom. The third-order valence-electron chi connectivity index (χ3n) is 3.61. The number of benzene rings is 2. The molecule has 0 aliphatic carbocycles. The van der Waals surface area contributed by atoms with Crippen molar-refractivity contribution in [3.63, 3.8) is 0 Å². The van der Waals surface area contributed by atoms with E-state index in [1.807, 2.05) is 37.3 Å².